The molecule has 0 radical (unpaired) electrons. The van der Waals surface area contributed by atoms with E-state index in [1.807, 2.05) is 78.9 Å². The van der Waals surface area contributed by atoms with Crippen LogP contribution in [-0.4, -0.2) is 16.9 Å². The third kappa shape index (κ3) is 3.54. The lowest BCUT2D eigenvalue weighted by molar-refractivity contribution is 0.0594. The molecule has 1 atom stereocenters. The molecule has 0 saturated heterocycles. The van der Waals surface area contributed by atoms with E-state index in [9.17, 15) is 5.11 Å². The quantitative estimate of drug-likeness (QED) is 0.668. The minimum atomic E-state index is -1.22. The van der Waals surface area contributed by atoms with Crippen molar-refractivity contribution in [1.29, 1.82) is 0 Å². The smallest absolute Gasteiger partial charge is 0.130 e. The molecule has 2 nitrogen and oxygen atoms in total. The largest absolute Gasteiger partial charge is 0.379 e. The summed E-state index contributed by atoms with van der Waals surface area (Å²) >= 11 is 1.66. The van der Waals surface area contributed by atoms with Gasteiger partial charge < -0.3 is 10.8 Å². The monoisotopic (exact) mass is 335 g/mol. The topological polar surface area (TPSA) is 46.2 Å². The Balaban J connectivity index is 1.90. The van der Waals surface area contributed by atoms with Gasteiger partial charge in [-0.1, -0.05) is 78.9 Å². The van der Waals surface area contributed by atoms with Gasteiger partial charge in [-0.25, -0.2) is 0 Å². The molecule has 0 aliphatic carbocycles. The van der Waals surface area contributed by atoms with Crippen molar-refractivity contribution in [2.75, 3.05) is 5.75 Å². The third-order valence-corrected chi connectivity index (χ3v) is 5.27. The molecule has 0 unspecified atom stereocenters. The molecular weight excluding hydrogens is 314 g/mol. The molecule has 0 fully saturated rings. The molecule has 3 heteroatoms. The molecule has 0 heterocycles. The second kappa shape index (κ2) is 7.67. The molecule has 3 N–H and O–H groups in total. The number of rotatable bonds is 6. The van der Waals surface area contributed by atoms with E-state index >= 15 is 0 Å². The first-order valence-electron chi connectivity index (χ1n) is 7.98. The Hall–Kier alpha value is -2.07. The molecule has 0 spiro atoms. The summed E-state index contributed by atoms with van der Waals surface area (Å²) in [4.78, 5) is 1.15. The number of hydrogen-bond acceptors (Lipinski definition) is 3. The summed E-state index contributed by atoms with van der Waals surface area (Å²) in [6.07, 6.45) is 0. The second-order valence-electron chi connectivity index (χ2n) is 5.73. The van der Waals surface area contributed by atoms with E-state index < -0.39 is 11.6 Å². The van der Waals surface area contributed by atoms with Crippen LogP contribution in [-0.2, 0) is 5.60 Å². The Morgan fingerprint density at radius 1 is 0.750 bits per heavy atom. The fourth-order valence-electron chi connectivity index (χ4n) is 2.80. The third-order valence-electron chi connectivity index (χ3n) is 4.14. The van der Waals surface area contributed by atoms with E-state index in [-0.39, 0.29) is 0 Å². The molecule has 3 aromatic rings. The van der Waals surface area contributed by atoms with E-state index in [1.165, 1.54) is 0 Å². The minimum absolute atomic E-state index is 0.437. The van der Waals surface area contributed by atoms with Gasteiger partial charge in [0.05, 0.1) is 6.04 Å². The van der Waals surface area contributed by atoms with E-state index in [1.54, 1.807) is 11.8 Å². The van der Waals surface area contributed by atoms with Crippen molar-refractivity contribution in [2.45, 2.75) is 16.5 Å². The highest BCUT2D eigenvalue weighted by atomic mass is 32.2. The summed E-state index contributed by atoms with van der Waals surface area (Å²) in [6.45, 7) is 0. The average molecular weight is 335 g/mol. The van der Waals surface area contributed by atoms with Crippen LogP contribution in [0, 0.1) is 0 Å². The summed E-state index contributed by atoms with van der Waals surface area (Å²) < 4.78 is 0. The molecule has 3 aromatic carbocycles. The van der Waals surface area contributed by atoms with E-state index in [0.29, 0.717) is 5.75 Å². The van der Waals surface area contributed by atoms with Gasteiger partial charge in [0, 0.05) is 10.6 Å². The Labute approximate surface area is 147 Å². The standard InChI is InChI=1S/C21H21NOS/c22-20(16-24-19-14-8-3-9-15-19)21(23,17-10-4-1-5-11-17)18-12-6-2-7-13-18/h1-15,20,23H,16,22H2/t20-/m0/s1. The predicted molar refractivity (Wildman–Crippen MR) is 101 cm³/mol. The van der Waals surface area contributed by atoms with Crippen molar-refractivity contribution >= 4 is 11.8 Å². The number of hydrogen-bond donors (Lipinski definition) is 2. The minimum Gasteiger partial charge on any atom is -0.379 e. The van der Waals surface area contributed by atoms with E-state index in [4.69, 9.17) is 5.73 Å². The molecule has 0 aliphatic rings. The number of nitrogens with two attached hydrogens (primary N) is 1. The first-order chi connectivity index (χ1) is 11.7. The van der Waals surface area contributed by atoms with Crippen molar-refractivity contribution < 1.29 is 5.11 Å². The van der Waals surface area contributed by atoms with Crippen LogP contribution in [0.4, 0.5) is 0 Å². The van der Waals surface area contributed by atoms with Crippen LogP contribution in [0.5, 0.6) is 0 Å². The maximum Gasteiger partial charge on any atom is 0.130 e. The van der Waals surface area contributed by atoms with Gasteiger partial charge in [0.1, 0.15) is 5.60 Å². The highest BCUT2D eigenvalue weighted by molar-refractivity contribution is 7.99. The Morgan fingerprint density at radius 3 is 1.62 bits per heavy atom. The van der Waals surface area contributed by atoms with Gasteiger partial charge in [-0.15, -0.1) is 11.8 Å². The SMILES string of the molecule is N[C@@H](CSc1ccccc1)C(O)(c1ccccc1)c1ccccc1. The Bertz CT molecular complexity index is 707. The summed E-state index contributed by atoms with van der Waals surface area (Å²) in [5.41, 5.74) is 6.91. The zero-order valence-electron chi connectivity index (χ0n) is 13.4. The van der Waals surface area contributed by atoms with Crippen LogP contribution in [0.15, 0.2) is 95.9 Å². The van der Waals surface area contributed by atoms with Gasteiger partial charge in [-0.3, -0.25) is 0 Å². The molecule has 24 heavy (non-hydrogen) atoms. The molecule has 0 amide bonds. The van der Waals surface area contributed by atoms with Crippen molar-refractivity contribution in [3.63, 3.8) is 0 Å². The van der Waals surface area contributed by atoms with Gasteiger partial charge in [0.2, 0.25) is 0 Å². The van der Waals surface area contributed by atoms with E-state index in [0.717, 1.165) is 16.0 Å². The normalized spacial score (nSPS) is 12.8. The fourth-order valence-corrected chi connectivity index (χ4v) is 3.77. The van der Waals surface area contributed by atoms with Crippen molar-refractivity contribution in [3.8, 4) is 0 Å². The summed E-state index contributed by atoms with van der Waals surface area (Å²) in [5.74, 6) is 0.615. The second-order valence-corrected chi connectivity index (χ2v) is 6.82. The van der Waals surface area contributed by atoms with Gasteiger partial charge in [-0.2, -0.15) is 0 Å². The molecule has 3 rings (SSSR count). The first kappa shape index (κ1) is 16.8. The van der Waals surface area contributed by atoms with Crippen LogP contribution in [0.2, 0.25) is 0 Å². The highest BCUT2D eigenvalue weighted by Gasteiger charge is 2.37. The average Bonchev–Trinajstić information content (AvgIpc) is 2.67. The molecule has 122 valence electrons. The van der Waals surface area contributed by atoms with Gasteiger partial charge in [-0.05, 0) is 23.3 Å². The molecule has 0 aromatic heterocycles. The maximum absolute atomic E-state index is 11.6. The molecular formula is C21H21NOS. The van der Waals surface area contributed by atoms with Gasteiger partial charge in [0.25, 0.3) is 0 Å². The molecule has 0 aliphatic heterocycles. The van der Waals surface area contributed by atoms with Crippen LogP contribution in [0.1, 0.15) is 11.1 Å². The van der Waals surface area contributed by atoms with Gasteiger partial charge >= 0.3 is 0 Å². The zero-order chi connectivity index (χ0) is 16.8. The predicted octanol–water partition coefficient (Wildman–Crippen LogP) is 4.04. The van der Waals surface area contributed by atoms with Crippen LogP contribution < -0.4 is 5.73 Å². The summed E-state index contributed by atoms with van der Waals surface area (Å²) in [6, 6.07) is 29.0. The van der Waals surface area contributed by atoms with Crippen LogP contribution >= 0.6 is 11.8 Å². The number of thioether (sulfide) groups is 1. The lowest BCUT2D eigenvalue weighted by atomic mass is 9.81. The van der Waals surface area contributed by atoms with Crippen molar-refractivity contribution in [2.24, 2.45) is 5.73 Å². The first-order valence-corrected chi connectivity index (χ1v) is 8.96. The van der Waals surface area contributed by atoms with Gasteiger partial charge in [0.15, 0.2) is 0 Å². The lowest BCUT2D eigenvalue weighted by Gasteiger charge is -2.35. The number of benzene rings is 3. The lowest BCUT2D eigenvalue weighted by Crippen LogP contribution is -2.48. The van der Waals surface area contributed by atoms with Crippen LogP contribution in [0.25, 0.3) is 0 Å². The van der Waals surface area contributed by atoms with Crippen LogP contribution in [0.3, 0.4) is 0 Å². The summed E-state index contributed by atoms with van der Waals surface area (Å²) in [7, 11) is 0. The highest BCUT2D eigenvalue weighted by Crippen LogP contribution is 2.34. The maximum atomic E-state index is 11.6. The van der Waals surface area contributed by atoms with Crippen molar-refractivity contribution in [1.82, 2.24) is 0 Å². The molecule has 0 bridgehead atoms. The Morgan fingerprint density at radius 2 is 1.17 bits per heavy atom. The van der Waals surface area contributed by atoms with E-state index in [2.05, 4.69) is 12.1 Å². The fraction of sp³-hybridized carbons (Fsp3) is 0.143. The summed E-state index contributed by atoms with van der Waals surface area (Å²) in [5, 5.41) is 11.6. The molecule has 0 saturated carbocycles. The Kier molecular flexibility index (Phi) is 5.36. The van der Waals surface area contributed by atoms with Crippen molar-refractivity contribution in [3.05, 3.63) is 102 Å². The zero-order valence-corrected chi connectivity index (χ0v) is 14.2. The number of aliphatic hydroxyl groups is 1.